The van der Waals surface area contributed by atoms with Crippen LogP contribution < -0.4 is 14.5 Å². The predicted molar refractivity (Wildman–Crippen MR) is 270 cm³/mol. The Labute approximate surface area is 402 Å². The first-order chi connectivity index (χ1) is 31.3. The van der Waals surface area contributed by atoms with Crippen molar-refractivity contribution in [2.75, 3.05) is 0 Å². The van der Waals surface area contributed by atoms with E-state index in [2.05, 4.69) is 231 Å². The van der Waals surface area contributed by atoms with Crippen molar-refractivity contribution in [1.82, 2.24) is 18.7 Å². The smallest absolute Gasteiger partial charge is 0.268 e. The number of benzene rings is 7. The van der Waals surface area contributed by atoms with Crippen molar-refractivity contribution in [3.05, 3.63) is 188 Å². The summed E-state index contributed by atoms with van der Waals surface area (Å²) in [6.45, 7) is 18.9. The van der Waals surface area contributed by atoms with E-state index in [1.807, 2.05) is 24.4 Å². The summed E-state index contributed by atoms with van der Waals surface area (Å²) in [6.07, 6.45) is 5.80. The van der Waals surface area contributed by atoms with E-state index in [1.54, 1.807) is 0 Å². The van der Waals surface area contributed by atoms with Crippen LogP contribution in [0.25, 0.3) is 77.5 Å². The number of para-hydroxylation sites is 6. The van der Waals surface area contributed by atoms with E-state index in [-0.39, 0.29) is 31.5 Å². The molecule has 0 saturated carbocycles. The topological polar surface area (TPSA) is 40.8 Å². The first-order valence-electron chi connectivity index (χ1n) is 22.5. The van der Waals surface area contributed by atoms with Gasteiger partial charge >= 0.3 is 0 Å². The van der Waals surface area contributed by atoms with Crippen LogP contribution in [0.2, 0.25) is 18.1 Å². The SMILES string of the molecule is CC(C)(C)c1ccnc(-n2c3[c-]c(Oc4[c-]c(-n5[c-][n+](-c6c(-n7c8ccccc8c8ccccc87)cccc6[Si](C)(C)C(C)(C)C)c6ccccc65)ccc4)ccc3c3ccccc32)c1.[Pt]. The van der Waals surface area contributed by atoms with E-state index in [0.717, 1.165) is 55.7 Å². The number of fused-ring (bicyclic) bond motifs is 7. The second-order valence-electron chi connectivity index (χ2n) is 19.8. The van der Waals surface area contributed by atoms with Crippen molar-refractivity contribution in [3.63, 3.8) is 0 Å². The molecule has 4 heterocycles. The standard InChI is InChI=1S/C58H51N5OSi.Pt/c1-57(2,3)39-33-34-59-55(35-39)63-49-26-14-11-23-45(49)46-32-31-42(37-53(46)63)64-41-20-17-19-40(36-41)60-38-61(51-28-16-15-27-50(51)60)56-52(29-18-30-54(56)65(7,8)58(4,5)6)62-47-24-12-9-21-43(47)44-22-10-13-25-48(44)62;/h9-35H,1-8H3;/q-2;. The third-order valence-electron chi connectivity index (χ3n) is 13.8. The Kier molecular flexibility index (Phi) is 10.6. The number of nitrogens with zero attached hydrogens (tertiary/aromatic N) is 5. The fraction of sp³-hybridized carbons (Fsp3) is 0.172. The third kappa shape index (κ3) is 7.03. The van der Waals surface area contributed by atoms with Crippen molar-refractivity contribution in [3.8, 4) is 34.4 Å². The van der Waals surface area contributed by atoms with E-state index in [1.165, 1.54) is 32.6 Å². The number of imidazole rings is 1. The Bertz CT molecular complexity index is 3600. The zero-order valence-electron chi connectivity index (χ0n) is 38.5. The molecule has 7 aromatic carbocycles. The number of hydrogen-bond donors (Lipinski definition) is 0. The van der Waals surface area contributed by atoms with Gasteiger partial charge in [-0.3, -0.25) is 4.57 Å². The van der Waals surface area contributed by atoms with Crippen LogP contribution in [-0.4, -0.2) is 26.8 Å². The fourth-order valence-electron chi connectivity index (χ4n) is 9.36. The summed E-state index contributed by atoms with van der Waals surface area (Å²) in [5, 5.41) is 6.14. The van der Waals surface area contributed by atoms with Gasteiger partial charge in [0.25, 0.3) is 6.33 Å². The van der Waals surface area contributed by atoms with Gasteiger partial charge in [0.1, 0.15) is 5.82 Å². The number of rotatable bonds is 7. The van der Waals surface area contributed by atoms with Crippen molar-refractivity contribution in [1.29, 1.82) is 0 Å². The molecule has 0 aliphatic heterocycles. The van der Waals surface area contributed by atoms with Crippen LogP contribution in [0.4, 0.5) is 0 Å². The minimum absolute atomic E-state index is 0. The van der Waals surface area contributed by atoms with E-state index in [0.29, 0.717) is 11.5 Å². The quantitative estimate of drug-likeness (QED) is 0.0907. The molecule has 0 unspecified atom stereocenters. The first kappa shape index (κ1) is 43.4. The zero-order valence-corrected chi connectivity index (χ0v) is 41.8. The molecule has 0 N–H and O–H groups in total. The van der Waals surface area contributed by atoms with Gasteiger partial charge < -0.3 is 18.4 Å². The van der Waals surface area contributed by atoms with Crippen LogP contribution in [-0.2, 0) is 26.5 Å². The Morgan fingerprint density at radius 3 is 1.83 bits per heavy atom. The normalized spacial score (nSPS) is 12.4. The van der Waals surface area contributed by atoms with Gasteiger partial charge in [0.2, 0.25) is 0 Å². The second kappa shape index (κ2) is 16.1. The minimum atomic E-state index is -2.17. The maximum Gasteiger partial charge on any atom is 0.268 e. The van der Waals surface area contributed by atoms with Crippen LogP contribution in [0.5, 0.6) is 11.5 Å². The fourth-order valence-corrected chi connectivity index (χ4v) is 11.5. The second-order valence-corrected chi connectivity index (χ2v) is 25.1. The molecule has 0 saturated heterocycles. The summed E-state index contributed by atoms with van der Waals surface area (Å²) < 4.78 is 15.8. The van der Waals surface area contributed by atoms with Gasteiger partial charge in [0.05, 0.1) is 41.5 Å². The average Bonchev–Trinajstić information content (AvgIpc) is 3.96. The van der Waals surface area contributed by atoms with Crippen molar-refractivity contribution in [2.24, 2.45) is 0 Å². The van der Waals surface area contributed by atoms with Gasteiger partial charge in [-0.25, -0.2) is 4.98 Å². The number of ether oxygens (including phenoxy) is 1. The van der Waals surface area contributed by atoms with Crippen LogP contribution in [0.15, 0.2) is 164 Å². The molecule has 0 bridgehead atoms. The van der Waals surface area contributed by atoms with E-state index in [9.17, 15) is 0 Å². The molecule has 8 heteroatoms. The molecule has 66 heavy (non-hydrogen) atoms. The van der Waals surface area contributed by atoms with Crippen LogP contribution in [0, 0.1) is 18.5 Å². The molecule has 0 radical (unpaired) electrons. The third-order valence-corrected chi connectivity index (χ3v) is 19.3. The minimum Gasteiger partial charge on any atom is -0.510 e. The molecule has 4 aromatic heterocycles. The van der Waals surface area contributed by atoms with Crippen molar-refractivity contribution >= 4 is 67.9 Å². The molecule has 0 spiro atoms. The summed E-state index contributed by atoms with van der Waals surface area (Å²) in [5.74, 6) is 2.03. The Morgan fingerprint density at radius 2 is 1.17 bits per heavy atom. The molecule has 330 valence electrons. The van der Waals surface area contributed by atoms with Crippen LogP contribution >= 0.6 is 0 Å². The summed E-state index contributed by atoms with van der Waals surface area (Å²) in [5.41, 5.74) is 10.7. The van der Waals surface area contributed by atoms with Gasteiger partial charge in [-0.1, -0.05) is 151 Å². The monoisotopic (exact) mass is 1060 g/mol. The van der Waals surface area contributed by atoms with Gasteiger partial charge in [-0.15, -0.1) is 29.7 Å². The number of hydrogen-bond acceptors (Lipinski definition) is 2. The predicted octanol–water partition coefficient (Wildman–Crippen LogP) is 13.7. The molecule has 0 atom stereocenters. The Morgan fingerprint density at radius 1 is 0.576 bits per heavy atom. The van der Waals surface area contributed by atoms with Gasteiger partial charge in [-0.2, -0.15) is 18.2 Å². The van der Waals surface area contributed by atoms with Crippen LogP contribution in [0.3, 0.4) is 0 Å². The van der Waals surface area contributed by atoms with Gasteiger partial charge in [-0.05, 0) is 68.7 Å². The van der Waals surface area contributed by atoms with Gasteiger partial charge in [0, 0.05) is 55.1 Å². The maximum absolute atomic E-state index is 6.69. The Hall–Kier alpha value is -6.53. The van der Waals surface area contributed by atoms with Gasteiger partial charge in [0.15, 0.2) is 0 Å². The molecule has 0 fully saturated rings. The maximum atomic E-state index is 6.69. The molecule has 0 aliphatic rings. The molecule has 11 rings (SSSR count). The summed E-state index contributed by atoms with van der Waals surface area (Å²) in [7, 11) is -2.17. The number of pyridine rings is 1. The van der Waals surface area contributed by atoms with Crippen LogP contribution in [0.1, 0.15) is 47.1 Å². The largest absolute Gasteiger partial charge is 0.510 e. The molecule has 0 aliphatic carbocycles. The number of aromatic nitrogens is 5. The summed E-state index contributed by atoms with van der Waals surface area (Å²) in [4.78, 5) is 4.87. The molecule has 11 aromatic rings. The molecular formula is C58H51N5OPtSi-2. The summed E-state index contributed by atoms with van der Waals surface area (Å²) in [6, 6.07) is 63.2. The van der Waals surface area contributed by atoms with E-state index in [4.69, 9.17) is 9.72 Å². The summed E-state index contributed by atoms with van der Waals surface area (Å²) >= 11 is 0. The van der Waals surface area contributed by atoms with Crippen molar-refractivity contribution < 1.29 is 30.4 Å². The molecule has 6 nitrogen and oxygen atoms in total. The van der Waals surface area contributed by atoms with E-state index < -0.39 is 8.07 Å². The van der Waals surface area contributed by atoms with E-state index >= 15 is 0 Å². The molecular weight excluding hydrogens is 1010 g/mol. The zero-order chi connectivity index (χ0) is 44.8. The molecule has 0 amide bonds. The first-order valence-corrected chi connectivity index (χ1v) is 25.5. The Balaban J connectivity index is 0.00000511. The average molecular weight is 1060 g/mol. The van der Waals surface area contributed by atoms with Crippen molar-refractivity contribution in [2.45, 2.75) is 65.1 Å².